The normalized spacial score (nSPS) is 11.6. The maximum Gasteiger partial charge on any atom is 0.243 e. The van der Waals surface area contributed by atoms with E-state index in [0.29, 0.717) is 5.95 Å². The second-order valence-corrected chi connectivity index (χ2v) is 5.99. The summed E-state index contributed by atoms with van der Waals surface area (Å²) in [7, 11) is 0. The number of aromatic nitrogens is 2. The number of hydrazone groups is 1. The van der Waals surface area contributed by atoms with Crippen molar-refractivity contribution in [2.45, 2.75) is 59.8 Å². The number of nitrogens with one attached hydrogen (secondary N) is 1. The summed E-state index contributed by atoms with van der Waals surface area (Å²) in [4.78, 5) is 8.99. The van der Waals surface area contributed by atoms with Gasteiger partial charge in [0.2, 0.25) is 5.95 Å². The molecule has 0 aliphatic rings. The van der Waals surface area contributed by atoms with Crippen molar-refractivity contribution in [2.75, 3.05) is 5.43 Å². The number of benzene rings is 1. The van der Waals surface area contributed by atoms with Crippen LogP contribution in [-0.4, -0.2) is 15.7 Å². The van der Waals surface area contributed by atoms with Gasteiger partial charge in [-0.3, -0.25) is 0 Å². The molecule has 24 heavy (non-hydrogen) atoms. The fraction of sp³-hybridized carbons (Fsp3) is 0.450. The van der Waals surface area contributed by atoms with Crippen LogP contribution in [0.15, 0.2) is 35.4 Å². The Morgan fingerprint density at radius 1 is 1.04 bits per heavy atom. The number of aryl methyl sites for hydroxylation is 3. The Labute approximate surface area is 145 Å². The molecule has 1 aromatic carbocycles. The van der Waals surface area contributed by atoms with Crippen molar-refractivity contribution in [3.63, 3.8) is 0 Å². The number of hydrogen-bond acceptors (Lipinski definition) is 4. The van der Waals surface area contributed by atoms with Crippen molar-refractivity contribution in [1.82, 2.24) is 9.97 Å². The van der Waals surface area contributed by atoms with Gasteiger partial charge in [-0.25, -0.2) is 15.4 Å². The van der Waals surface area contributed by atoms with Gasteiger partial charge in [-0.1, -0.05) is 45.4 Å². The summed E-state index contributed by atoms with van der Waals surface area (Å²) < 4.78 is 0. The highest BCUT2D eigenvalue weighted by atomic mass is 15.4. The zero-order valence-corrected chi connectivity index (χ0v) is 15.3. The topological polar surface area (TPSA) is 50.2 Å². The Kier molecular flexibility index (Phi) is 6.91. The molecular weight excluding hydrogens is 296 g/mol. The zero-order chi connectivity index (χ0) is 17.4. The van der Waals surface area contributed by atoms with E-state index < -0.39 is 0 Å². The predicted molar refractivity (Wildman–Crippen MR) is 102 cm³/mol. The zero-order valence-electron chi connectivity index (χ0n) is 15.3. The van der Waals surface area contributed by atoms with Crippen LogP contribution >= 0.6 is 0 Å². The summed E-state index contributed by atoms with van der Waals surface area (Å²) in [5.41, 5.74) is 8.54. The molecule has 4 nitrogen and oxygen atoms in total. The van der Waals surface area contributed by atoms with Gasteiger partial charge in [0, 0.05) is 11.4 Å². The van der Waals surface area contributed by atoms with Gasteiger partial charge < -0.3 is 0 Å². The van der Waals surface area contributed by atoms with Crippen LogP contribution in [0.5, 0.6) is 0 Å². The number of unbranched alkanes of at least 4 members (excludes halogenated alkanes) is 1. The predicted octanol–water partition coefficient (Wildman–Crippen LogP) is 4.78. The molecule has 2 rings (SSSR count). The Morgan fingerprint density at radius 2 is 1.75 bits per heavy atom. The van der Waals surface area contributed by atoms with Crippen LogP contribution in [0.2, 0.25) is 0 Å². The van der Waals surface area contributed by atoms with Crippen molar-refractivity contribution < 1.29 is 0 Å². The highest BCUT2D eigenvalue weighted by Crippen LogP contribution is 2.11. The van der Waals surface area contributed by atoms with Gasteiger partial charge in [0.25, 0.3) is 0 Å². The maximum atomic E-state index is 4.49. The lowest BCUT2D eigenvalue weighted by Crippen LogP contribution is -2.05. The van der Waals surface area contributed by atoms with E-state index in [2.05, 4.69) is 71.6 Å². The van der Waals surface area contributed by atoms with E-state index in [1.165, 1.54) is 18.4 Å². The van der Waals surface area contributed by atoms with Crippen molar-refractivity contribution in [1.29, 1.82) is 0 Å². The van der Waals surface area contributed by atoms with Crippen molar-refractivity contribution in [3.8, 4) is 0 Å². The smallest absolute Gasteiger partial charge is 0.243 e. The summed E-state index contributed by atoms with van der Waals surface area (Å²) in [6, 6.07) is 10.6. The molecule has 0 saturated heterocycles. The van der Waals surface area contributed by atoms with Crippen LogP contribution < -0.4 is 5.43 Å². The first-order chi connectivity index (χ1) is 11.7. The van der Waals surface area contributed by atoms with Crippen molar-refractivity contribution in [2.24, 2.45) is 5.10 Å². The molecule has 0 spiro atoms. The van der Waals surface area contributed by atoms with E-state index in [4.69, 9.17) is 0 Å². The minimum Gasteiger partial charge on any atom is -0.245 e. The highest BCUT2D eigenvalue weighted by molar-refractivity contribution is 5.99. The lowest BCUT2D eigenvalue weighted by molar-refractivity contribution is 0.795. The molecular formula is C20H28N4. The summed E-state index contributed by atoms with van der Waals surface area (Å²) in [5, 5.41) is 4.48. The molecule has 0 radical (unpaired) electrons. The van der Waals surface area contributed by atoms with Crippen LogP contribution in [0.4, 0.5) is 5.95 Å². The molecule has 0 bridgehead atoms. The van der Waals surface area contributed by atoms with Gasteiger partial charge in [-0.15, -0.1) is 0 Å². The average molecular weight is 324 g/mol. The van der Waals surface area contributed by atoms with Crippen LogP contribution in [0.25, 0.3) is 0 Å². The molecule has 0 saturated carbocycles. The van der Waals surface area contributed by atoms with E-state index >= 15 is 0 Å². The number of anilines is 1. The Bertz CT molecular complexity index is 670. The van der Waals surface area contributed by atoms with E-state index in [1.807, 2.05) is 6.92 Å². The summed E-state index contributed by atoms with van der Waals surface area (Å²) in [5.74, 6) is 0.577. The molecule has 0 unspecified atom stereocenters. The van der Waals surface area contributed by atoms with Crippen LogP contribution in [0, 0.1) is 0 Å². The summed E-state index contributed by atoms with van der Waals surface area (Å²) in [6.45, 7) is 8.43. The molecule has 0 atom stereocenters. The monoisotopic (exact) mass is 324 g/mol. The van der Waals surface area contributed by atoms with E-state index in [-0.39, 0.29) is 0 Å². The average Bonchev–Trinajstić information content (AvgIpc) is 2.64. The van der Waals surface area contributed by atoms with Gasteiger partial charge >= 0.3 is 0 Å². The number of rotatable bonds is 8. The molecule has 0 amide bonds. The molecule has 4 heteroatoms. The molecule has 1 N–H and O–H groups in total. The second kappa shape index (κ2) is 9.16. The number of hydrogen-bond donors (Lipinski definition) is 1. The molecule has 0 aliphatic carbocycles. The maximum absolute atomic E-state index is 4.49. The van der Waals surface area contributed by atoms with Crippen molar-refractivity contribution in [3.05, 3.63) is 52.8 Å². The van der Waals surface area contributed by atoms with Gasteiger partial charge in [0.1, 0.15) is 0 Å². The fourth-order valence-electron chi connectivity index (χ4n) is 2.50. The van der Waals surface area contributed by atoms with Gasteiger partial charge in [0.05, 0.1) is 5.71 Å². The minimum absolute atomic E-state index is 0.577. The molecule has 1 aromatic heterocycles. The summed E-state index contributed by atoms with van der Waals surface area (Å²) >= 11 is 0. The van der Waals surface area contributed by atoms with Gasteiger partial charge in [0.15, 0.2) is 0 Å². The molecule has 0 fully saturated rings. The molecule has 1 heterocycles. The highest BCUT2D eigenvalue weighted by Gasteiger charge is 2.03. The first-order valence-corrected chi connectivity index (χ1v) is 8.92. The van der Waals surface area contributed by atoms with Crippen molar-refractivity contribution >= 4 is 11.7 Å². The quantitative estimate of drug-likeness (QED) is 0.561. The van der Waals surface area contributed by atoms with E-state index in [9.17, 15) is 0 Å². The first-order valence-electron chi connectivity index (χ1n) is 8.92. The third-order valence-corrected chi connectivity index (χ3v) is 4.04. The Morgan fingerprint density at radius 3 is 2.38 bits per heavy atom. The third kappa shape index (κ3) is 5.15. The SMILES string of the molecule is CCCCc1cccc(C(C)=NNc2nc(CC)cc(CC)n2)c1. The molecule has 2 aromatic rings. The largest absolute Gasteiger partial charge is 0.245 e. The van der Waals surface area contributed by atoms with Crippen LogP contribution in [-0.2, 0) is 19.3 Å². The molecule has 128 valence electrons. The van der Waals surface area contributed by atoms with E-state index in [1.54, 1.807) is 0 Å². The van der Waals surface area contributed by atoms with E-state index in [0.717, 1.165) is 41.9 Å². The summed E-state index contributed by atoms with van der Waals surface area (Å²) in [6.07, 6.45) is 5.34. The molecule has 0 aliphatic heterocycles. The van der Waals surface area contributed by atoms with Gasteiger partial charge in [-0.05, 0) is 55.9 Å². The lowest BCUT2D eigenvalue weighted by atomic mass is 10.0. The first kappa shape index (κ1) is 18.1. The minimum atomic E-state index is 0.577. The third-order valence-electron chi connectivity index (χ3n) is 4.04. The standard InChI is InChI=1S/C20H28N4/c1-5-8-10-16-11-9-12-17(13-16)15(4)23-24-20-21-18(6-2)14-19(7-3)22-20/h9,11-14H,5-8,10H2,1-4H3,(H,21,22,24). The Balaban J connectivity index is 2.14. The van der Waals surface area contributed by atoms with Gasteiger partial charge in [-0.2, -0.15) is 5.10 Å². The van der Waals surface area contributed by atoms with Crippen LogP contribution in [0.1, 0.15) is 63.1 Å². The Hall–Kier alpha value is -2.23. The fourth-order valence-corrected chi connectivity index (χ4v) is 2.50. The number of nitrogens with zero attached hydrogens (tertiary/aromatic N) is 3. The lowest BCUT2D eigenvalue weighted by Gasteiger charge is -2.07. The van der Waals surface area contributed by atoms with Crippen LogP contribution in [0.3, 0.4) is 0 Å². The second-order valence-electron chi connectivity index (χ2n) is 5.99.